The van der Waals surface area contributed by atoms with Crippen LogP contribution >= 0.6 is 24.8 Å². The van der Waals surface area contributed by atoms with E-state index in [1.54, 1.807) is 6.20 Å². The van der Waals surface area contributed by atoms with Crippen molar-refractivity contribution in [1.82, 2.24) is 10.3 Å². The number of amides is 1. The van der Waals surface area contributed by atoms with Gasteiger partial charge in [-0.3, -0.25) is 4.79 Å². The minimum Gasteiger partial charge on any atom is -0.378 e. The first-order valence-electron chi connectivity index (χ1n) is 9.09. The molecular weight excluding hydrogens is 375 g/mol. The molecule has 1 aromatic heterocycles. The van der Waals surface area contributed by atoms with Crippen LogP contribution in [0, 0.1) is 11.3 Å². The number of carbonyl (C=O) groups excluding carboxylic acids is 1. The van der Waals surface area contributed by atoms with Gasteiger partial charge in [-0.25, -0.2) is 4.98 Å². The van der Waals surface area contributed by atoms with E-state index in [2.05, 4.69) is 20.5 Å². The summed E-state index contributed by atoms with van der Waals surface area (Å²) in [4.78, 5) is 19.7. The van der Waals surface area contributed by atoms with Gasteiger partial charge in [0.25, 0.3) is 0 Å². The molecule has 1 saturated carbocycles. The van der Waals surface area contributed by atoms with E-state index in [1.807, 2.05) is 12.1 Å². The van der Waals surface area contributed by atoms with Gasteiger partial charge in [0.2, 0.25) is 5.91 Å². The molecule has 2 aliphatic heterocycles. The molecule has 2 N–H and O–H groups in total. The molecule has 1 amide bonds. The number of aromatic nitrogens is 1. The molecule has 3 aliphatic rings. The SMILES string of the molecule is Cl.Cl.O=C(Nc1ccc(N2CCOCC2)nc1)[C@@]12CCCC[C@H]1CNC2. The molecule has 3 fully saturated rings. The lowest BCUT2D eigenvalue weighted by molar-refractivity contribution is -0.128. The van der Waals surface area contributed by atoms with Crippen molar-refractivity contribution in [2.75, 3.05) is 49.6 Å². The van der Waals surface area contributed by atoms with Crippen molar-refractivity contribution in [1.29, 1.82) is 0 Å². The molecular formula is C18H28Cl2N4O2. The average Bonchev–Trinajstić information content (AvgIpc) is 3.08. The van der Waals surface area contributed by atoms with Gasteiger partial charge < -0.3 is 20.3 Å². The largest absolute Gasteiger partial charge is 0.378 e. The first-order chi connectivity index (χ1) is 11.8. The lowest BCUT2D eigenvalue weighted by atomic mass is 9.67. The van der Waals surface area contributed by atoms with Crippen molar-refractivity contribution in [2.45, 2.75) is 25.7 Å². The predicted molar refractivity (Wildman–Crippen MR) is 108 cm³/mol. The van der Waals surface area contributed by atoms with Crippen LogP contribution in [-0.2, 0) is 9.53 Å². The van der Waals surface area contributed by atoms with Crippen molar-refractivity contribution in [2.24, 2.45) is 11.3 Å². The summed E-state index contributed by atoms with van der Waals surface area (Å²) in [6.07, 6.45) is 6.33. The zero-order valence-electron chi connectivity index (χ0n) is 14.9. The highest BCUT2D eigenvalue weighted by atomic mass is 35.5. The highest BCUT2D eigenvalue weighted by Crippen LogP contribution is 2.44. The first kappa shape index (κ1) is 21.2. The summed E-state index contributed by atoms with van der Waals surface area (Å²) in [7, 11) is 0. The third-order valence-corrected chi connectivity index (χ3v) is 5.83. The van der Waals surface area contributed by atoms with Gasteiger partial charge in [0.15, 0.2) is 0 Å². The van der Waals surface area contributed by atoms with Gasteiger partial charge in [0, 0.05) is 19.6 Å². The number of ether oxygens (including phenoxy) is 1. The van der Waals surface area contributed by atoms with Gasteiger partial charge in [0.1, 0.15) is 5.82 Å². The van der Waals surface area contributed by atoms with E-state index in [9.17, 15) is 4.79 Å². The second-order valence-electron chi connectivity index (χ2n) is 7.19. The van der Waals surface area contributed by atoms with Crippen LogP contribution in [0.5, 0.6) is 0 Å². The number of halogens is 2. The molecule has 0 spiro atoms. The molecule has 6 nitrogen and oxygen atoms in total. The van der Waals surface area contributed by atoms with Crippen molar-refractivity contribution in [3.63, 3.8) is 0 Å². The highest BCUT2D eigenvalue weighted by molar-refractivity contribution is 5.96. The maximum atomic E-state index is 13.0. The summed E-state index contributed by atoms with van der Waals surface area (Å²) in [5.41, 5.74) is 0.573. The summed E-state index contributed by atoms with van der Waals surface area (Å²) in [5.74, 6) is 1.59. The summed E-state index contributed by atoms with van der Waals surface area (Å²) < 4.78 is 5.37. The summed E-state index contributed by atoms with van der Waals surface area (Å²) in [6, 6.07) is 3.95. The van der Waals surface area contributed by atoms with Crippen molar-refractivity contribution in [3.8, 4) is 0 Å². The number of nitrogens with one attached hydrogen (secondary N) is 2. The summed E-state index contributed by atoms with van der Waals surface area (Å²) in [6.45, 7) is 5.02. The maximum Gasteiger partial charge on any atom is 0.232 e. The summed E-state index contributed by atoms with van der Waals surface area (Å²) >= 11 is 0. The maximum absolute atomic E-state index is 13.0. The quantitative estimate of drug-likeness (QED) is 0.812. The van der Waals surface area contributed by atoms with Gasteiger partial charge in [-0.05, 0) is 37.4 Å². The molecule has 146 valence electrons. The molecule has 3 heterocycles. The molecule has 1 aromatic rings. The van der Waals surface area contributed by atoms with E-state index < -0.39 is 0 Å². The number of morpholine rings is 1. The van der Waals surface area contributed by atoms with E-state index in [0.29, 0.717) is 5.92 Å². The minimum absolute atomic E-state index is 0. The predicted octanol–water partition coefficient (Wildman–Crippen LogP) is 2.48. The van der Waals surface area contributed by atoms with Crippen LogP contribution in [0.1, 0.15) is 25.7 Å². The molecule has 0 bridgehead atoms. The third kappa shape index (κ3) is 4.09. The minimum atomic E-state index is -0.221. The van der Waals surface area contributed by atoms with Gasteiger partial charge in [-0.2, -0.15) is 0 Å². The Labute approximate surface area is 167 Å². The number of hydrogen-bond acceptors (Lipinski definition) is 5. The number of nitrogens with zero attached hydrogens (tertiary/aromatic N) is 2. The van der Waals surface area contributed by atoms with E-state index in [4.69, 9.17) is 4.74 Å². The van der Waals surface area contributed by atoms with Gasteiger partial charge in [-0.1, -0.05) is 12.8 Å². The van der Waals surface area contributed by atoms with Crippen molar-refractivity contribution < 1.29 is 9.53 Å². The molecule has 0 unspecified atom stereocenters. The lowest BCUT2D eigenvalue weighted by Crippen LogP contribution is -2.44. The van der Waals surface area contributed by atoms with Gasteiger partial charge >= 0.3 is 0 Å². The fourth-order valence-corrected chi connectivity index (χ4v) is 4.39. The number of pyridine rings is 1. The van der Waals surface area contributed by atoms with Crippen LogP contribution in [0.25, 0.3) is 0 Å². The number of rotatable bonds is 3. The first-order valence-corrected chi connectivity index (χ1v) is 9.09. The van der Waals surface area contributed by atoms with Crippen LogP contribution in [0.3, 0.4) is 0 Å². The third-order valence-electron chi connectivity index (χ3n) is 5.83. The number of fused-ring (bicyclic) bond motifs is 1. The molecule has 0 radical (unpaired) electrons. The monoisotopic (exact) mass is 402 g/mol. The average molecular weight is 403 g/mol. The van der Waals surface area contributed by atoms with E-state index in [0.717, 1.165) is 70.2 Å². The molecule has 0 aromatic carbocycles. The van der Waals surface area contributed by atoms with Gasteiger partial charge in [-0.15, -0.1) is 24.8 Å². The molecule has 1 aliphatic carbocycles. The molecule has 8 heteroatoms. The second-order valence-corrected chi connectivity index (χ2v) is 7.19. The molecule has 4 rings (SSSR count). The molecule has 26 heavy (non-hydrogen) atoms. The van der Waals surface area contributed by atoms with Crippen LogP contribution in [0.4, 0.5) is 11.5 Å². The summed E-state index contributed by atoms with van der Waals surface area (Å²) in [5, 5.41) is 6.55. The fourth-order valence-electron chi connectivity index (χ4n) is 4.39. The van der Waals surface area contributed by atoms with E-state index in [-0.39, 0.29) is 36.1 Å². The Bertz CT molecular complexity index is 595. The number of hydrogen-bond donors (Lipinski definition) is 2. The number of carbonyl (C=O) groups is 1. The molecule has 2 atom stereocenters. The Morgan fingerprint density at radius 2 is 2.08 bits per heavy atom. The Morgan fingerprint density at radius 1 is 1.27 bits per heavy atom. The standard InChI is InChI=1S/C18H26N4O2.2ClH/c23-17(18-6-2-1-3-14(18)11-19-13-18)21-15-4-5-16(20-12-15)22-7-9-24-10-8-22;;/h4-5,12,14,19H,1-3,6-11,13H2,(H,21,23);2*1H/t14-,18+;;/m0../s1. The van der Waals surface area contributed by atoms with E-state index >= 15 is 0 Å². The smallest absolute Gasteiger partial charge is 0.232 e. The van der Waals surface area contributed by atoms with E-state index in [1.165, 1.54) is 6.42 Å². The van der Waals surface area contributed by atoms with Crippen LogP contribution < -0.4 is 15.5 Å². The topological polar surface area (TPSA) is 66.5 Å². The Morgan fingerprint density at radius 3 is 2.81 bits per heavy atom. The highest BCUT2D eigenvalue weighted by Gasteiger charge is 2.49. The fraction of sp³-hybridized carbons (Fsp3) is 0.667. The zero-order chi connectivity index (χ0) is 16.4. The van der Waals surface area contributed by atoms with Crippen molar-refractivity contribution in [3.05, 3.63) is 18.3 Å². The van der Waals surface area contributed by atoms with Crippen LogP contribution in [0.2, 0.25) is 0 Å². The lowest BCUT2D eigenvalue weighted by Gasteiger charge is -2.37. The number of anilines is 2. The normalized spacial score (nSPS) is 27.7. The zero-order valence-corrected chi connectivity index (χ0v) is 16.5. The van der Waals surface area contributed by atoms with Crippen LogP contribution in [-0.4, -0.2) is 50.3 Å². The Hall–Kier alpha value is -1.08. The van der Waals surface area contributed by atoms with Gasteiger partial charge in [0.05, 0.1) is 30.5 Å². The Balaban J connectivity index is 0.00000121. The van der Waals surface area contributed by atoms with Crippen LogP contribution in [0.15, 0.2) is 18.3 Å². The molecule has 2 saturated heterocycles. The second kappa shape index (κ2) is 9.22. The Kier molecular flexibility index (Phi) is 7.52. The van der Waals surface area contributed by atoms with Crippen molar-refractivity contribution >= 4 is 42.2 Å².